The van der Waals surface area contributed by atoms with Crippen molar-refractivity contribution in [3.05, 3.63) is 27.6 Å². The minimum absolute atomic E-state index is 0.0838. The third kappa shape index (κ3) is 4.05. The highest BCUT2D eigenvalue weighted by Gasteiger charge is 2.35. The van der Waals surface area contributed by atoms with Crippen LogP contribution in [0.1, 0.15) is 51.3 Å². The first-order chi connectivity index (χ1) is 12.2. The molecule has 2 heterocycles. The third-order valence-corrected chi connectivity index (χ3v) is 4.78. The second-order valence-electron chi connectivity index (χ2n) is 8.02. The van der Waals surface area contributed by atoms with E-state index in [0.717, 1.165) is 55.6 Å². The molecule has 1 aromatic rings. The quantitative estimate of drug-likeness (QED) is 0.657. The molecular weight excluding hydrogens is 336 g/mol. The number of carbonyl (C=O) groups is 1. The van der Waals surface area contributed by atoms with Crippen molar-refractivity contribution in [2.24, 2.45) is 0 Å². The van der Waals surface area contributed by atoms with Gasteiger partial charge in [-0.15, -0.1) is 0 Å². The number of rotatable bonds is 3. The highest BCUT2D eigenvalue weighted by Crippen LogP contribution is 2.37. The summed E-state index contributed by atoms with van der Waals surface area (Å²) in [6.45, 7) is 6.78. The lowest BCUT2D eigenvalue weighted by Gasteiger charge is -2.35. The van der Waals surface area contributed by atoms with E-state index in [-0.39, 0.29) is 16.7 Å². The SMILES string of the molecule is CC(C)(C)OC(=O)N[C@H]1CCCN(c2c([N+](=O)[O-])c[nH+]c3c2CCC3)C1. The molecule has 142 valence electrons. The Morgan fingerprint density at radius 3 is 2.85 bits per heavy atom. The molecular formula is C18H27N4O4+. The number of H-pyrrole nitrogens is 1. The van der Waals surface area contributed by atoms with Gasteiger partial charge >= 0.3 is 11.8 Å². The summed E-state index contributed by atoms with van der Waals surface area (Å²) in [5, 5.41) is 14.5. The Bertz CT molecular complexity index is 714. The minimum Gasteiger partial charge on any atom is -0.444 e. The number of piperidine rings is 1. The van der Waals surface area contributed by atoms with Crippen LogP contribution in [0.15, 0.2) is 6.20 Å². The van der Waals surface area contributed by atoms with Gasteiger partial charge in [0.05, 0.1) is 4.92 Å². The Labute approximate surface area is 153 Å². The summed E-state index contributed by atoms with van der Waals surface area (Å²) in [6, 6.07) is -0.0838. The molecule has 0 bridgehead atoms. The summed E-state index contributed by atoms with van der Waals surface area (Å²) in [5.74, 6) is 0. The number of aromatic nitrogens is 1. The molecule has 3 rings (SSSR count). The first-order valence-electron chi connectivity index (χ1n) is 9.20. The maximum atomic E-state index is 12.1. The summed E-state index contributed by atoms with van der Waals surface area (Å²) in [4.78, 5) is 28.4. The van der Waals surface area contributed by atoms with Crippen molar-refractivity contribution in [2.75, 3.05) is 18.0 Å². The van der Waals surface area contributed by atoms with Gasteiger partial charge in [0.1, 0.15) is 11.3 Å². The zero-order valence-electron chi connectivity index (χ0n) is 15.6. The van der Waals surface area contributed by atoms with Gasteiger partial charge in [-0.2, -0.15) is 0 Å². The van der Waals surface area contributed by atoms with Crippen molar-refractivity contribution < 1.29 is 19.4 Å². The third-order valence-electron chi connectivity index (χ3n) is 4.78. The van der Waals surface area contributed by atoms with Gasteiger partial charge in [-0.25, -0.2) is 9.78 Å². The highest BCUT2D eigenvalue weighted by atomic mass is 16.6. The largest absolute Gasteiger partial charge is 0.444 e. The van der Waals surface area contributed by atoms with Crippen molar-refractivity contribution in [3.63, 3.8) is 0 Å². The van der Waals surface area contributed by atoms with Crippen LogP contribution in [-0.2, 0) is 17.6 Å². The number of amides is 1. The Hall–Kier alpha value is -2.38. The van der Waals surface area contributed by atoms with E-state index < -0.39 is 11.7 Å². The van der Waals surface area contributed by atoms with E-state index in [1.54, 1.807) is 0 Å². The smallest absolute Gasteiger partial charge is 0.407 e. The lowest BCUT2D eigenvalue weighted by Crippen LogP contribution is -2.49. The van der Waals surface area contributed by atoms with Crippen LogP contribution in [0.5, 0.6) is 0 Å². The number of aromatic amines is 1. The van der Waals surface area contributed by atoms with Crippen LogP contribution in [0.2, 0.25) is 0 Å². The van der Waals surface area contributed by atoms with Gasteiger partial charge in [0.25, 0.3) is 0 Å². The Morgan fingerprint density at radius 2 is 2.15 bits per heavy atom. The molecule has 0 spiro atoms. The molecule has 2 aliphatic rings. The summed E-state index contributed by atoms with van der Waals surface area (Å²) in [6.07, 6.45) is 5.55. The average Bonchev–Trinajstić information content (AvgIpc) is 3.00. The molecule has 0 unspecified atom stereocenters. The van der Waals surface area contributed by atoms with Gasteiger partial charge in [0.15, 0.2) is 5.69 Å². The predicted octanol–water partition coefficient (Wildman–Crippen LogP) is 2.39. The summed E-state index contributed by atoms with van der Waals surface area (Å²) in [5.41, 5.74) is 2.43. The minimum atomic E-state index is -0.548. The average molecular weight is 363 g/mol. The van der Waals surface area contributed by atoms with E-state index in [4.69, 9.17) is 4.74 Å². The topological polar surface area (TPSA) is 98.8 Å². The number of hydrogen-bond donors (Lipinski definition) is 1. The van der Waals surface area contributed by atoms with E-state index in [0.29, 0.717) is 6.54 Å². The predicted molar refractivity (Wildman–Crippen MR) is 96.3 cm³/mol. The molecule has 0 aromatic carbocycles. The van der Waals surface area contributed by atoms with Crippen molar-refractivity contribution in [1.29, 1.82) is 0 Å². The fourth-order valence-electron chi connectivity index (χ4n) is 3.81. The number of pyridine rings is 1. The number of anilines is 1. The van der Waals surface area contributed by atoms with Gasteiger partial charge in [-0.1, -0.05) is 0 Å². The first kappa shape index (κ1) is 18.4. The number of fused-ring (bicyclic) bond motifs is 1. The number of ether oxygens (including phenoxy) is 1. The number of carbonyl (C=O) groups excluding carboxylic acids is 1. The fraction of sp³-hybridized carbons (Fsp3) is 0.667. The number of hydrogen-bond acceptors (Lipinski definition) is 5. The van der Waals surface area contributed by atoms with Crippen molar-refractivity contribution in [2.45, 2.75) is 64.5 Å². The van der Waals surface area contributed by atoms with Crippen LogP contribution < -0.4 is 15.2 Å². The Morgan fingerprint density at radius 1 is 1.38 bits per heavy atom. The van der Waals surface area contributed by atoms with Crippen molar-refractivity contribution in [1.82, 2.24) is 5.32 Å². The second kappa shape index (κ2) is 7.09. The van der Waals surface area contributed by atoms with Gasteiger partial charge in [-0.05, 0) is 46.5 Å². The lowest BCUT2D eigenvalue weighted by molar-refractivity contribution is -0.424. The normalized spacial score (nSPS) is 19.8. The van der Waals surface area contributed by atoms with E-state index in [9.17, 15) is 14.9 Å². The van der Waals surface area contributed by atoms with Gasteiger partial charge < -0.3 is 15.0 Å². The van der Waals surface area contributed by atoms with E-state index in [1.165, 1.54) is 6.20 Å². The monoisotopic (exact) mass is 363 g/mol. The molecule has 1 aliphatic heterocycles. The zero-order valence-corrected chi connectivity index (χ0v) is 15.6. The first-order valence-corrected chi connectivity index (χ1v) is 9.20. The molecule has 1 aromatic heterocycles. The molecule has 1 saturated heterocycles. The number of nitro groups is 1. The van der Waals surface area contributed by atoms with Crippen LogP contribution >= 0.6 is 0 Å². The Kier molecular flexibility index (Phi) is 5.02. The molecule has 26 heavy (non-hydrogen) atoms. The van der Waals surface area contributed by atoms with Crippen LogP contribution in [0.3, 0.4) is 0 Å². The van der Waals surface area contributed by atoms with E-state index in [2.05, 4.69) is 15.2 Å². The van der Waals surface area contributed by atoms with E-state index >= 15 is 0 Å². The molecule has 8 nitrogen and oxygen atoms in total. The number of alkyl carbamates (subject to hydrolysis) is 1. The van der Waals surface area contributed by atoms with E-state index in [1.807, 2.05) is 20.8 Å². The summed E-state index contributed by atoms with van der Waals surface area (Å²) in [7, 11) is 0. The van der Waals surface area contributed by atoms with Gasteiger partial charge in [-0.3, -0.25) is 10.1 Å². The lowest BCUT2D eigenvalue weighted by atomic mass is 10.0. The molecule has 2 N–H and O–H groups in total. The Balaban J connectivity index is 1.79. The highest BCUT2D eigenvalue weighted by molar-refractivity contribution is 5.70. The van der Waals surface area contributed by atoms with Crippen LogP contribution in [0.25, 0.3) is 0 Å². The molecule has 0 radical (unpaired) electrons. The summed E-state index contributed by atoms with van der Waals surface area (Å²) >= 11 is 0. The molecule has 8 heteroatoms. The zero-order chi connectivity index (χ0) is 18.9. The molecule has 1 amide bonds. The second-order valence-corrected chi connectivity index (χ2v) is 8.02. The molecule has 1 fully saturated rings. The maximum Gasteiger partial charge on any atom is 0.407 e. The standard InChI is InChI=1S/C18H26N4O4/c1-18(2,3)26-17(23)20-12-6-5-9-21(11-12)16-13-7-4-8-14(13)19-10-15(16)22(24)25/h10,12H,4-9,11H2,1-3H3,(H,20,23)/p+1/t12-/m0/s1. The molecule has 0 saturated carbocycles. The number of nitrogens with one attached hydrogen (secondary N) is 2. The van der Waals surface area contributed by atoms with Crippen LogP contribution in [0, 0.1) is 10.1 Å². The van der Waals surface area contributed by atoms with Crippen LogP contribution in [-0.4, -0.2) is 35.7 Å². The van der Waals surface area contributed by atoms with Crippen LogP contribution in [0.4, 0.5) is 16.2 Å². The number of aryl methyl sites for hydroxylation is 1. The maximum absolute atomic E-state index is 12.1. The summed E-state index contributed by atoms with van der Waals surface area (Å²) < 4.78 is 5.34. The fourth-order valence-corrected chi connectivity index (χ4v) is 3.81. The molecule has 1 atom stereocenters. The van der Waals surface area contributed by atoms with Crippen molar-refractivity contribution in [3.8, 4) is 0 Å². The van der Waals surface area contributed by atoms with Gasteiger partial charge in [0.2, 0.25) is 6.20 Å². The van der Waals surface area contributed by atoms with Gasteiger partial charge in [0, 0.05) is 31.1 Å². The number of nitrogens with zero attached hydrogens (tertiary/aromatic N) is 2. The van der Waals surface area contributed by atoms with Crippen molar-refractivity contribution >= 4 is 17.5 Å². The molecule has 1 aliphatic carbocycles.